The molecule has 8 heterocycles. The van der Waals surface area contributed by atoms with Gasteiger partial charge in [-0.05, 0) is 168 Å². The smallest absolute Gasteiger partial charge is 0.420 e. The molecule has 2 atom stereocenters. The van der Waals surface area contributed by atoms with E-state index in [0.717, 1.165) is 70.1 Å². The number of ether oxygens (including phenoxy) is 3. The van der Waals surface area contributed by atoms with Gasteiger partial charge in [0.15, 0.2) is 11.3 Å². The molecule has 2 fully saturated rings. The largest absolute Gasteiger partial charge is 0.444 e. The summed E-state index contributed by atoms with van der Waals surface area (Å²) in [4.78, 5) is 62.5. The van der Waals surface area contributed by atoms with Crippen LogP contribution in [0.3, 0.4) is 0 Å². The van der Waals surface area contributed by atoms with Gasteiger partial charge in [0.2, 0.25) is 0 Å². The number of rotatable bonds is 8. The molecule has 10 rings (SSSR count). The molecule has 0 saturated carbocycles. The van der Waals surface area contributed by atoms with E-state index in [-0.39, 0.29) is 24.0 Å². The zero-order valence-corrected chi connectivity index (χ0v) is 47.9. The third-order valence-corrected chi connectivity index (χ3v) is 13.6. The molecule has 22 heteroatoms. The molecular formula is C55H64Br2N14O6. The average molecular weight is 1180 g/mol. The number of imidazole rings is 2. The standard InChI is InChI=1S/C30H36BrN7O4.C25H28BrN7O2/c1-29(2,3)41-27(39)35-14-7-8-20(18-35)24-16-25(38-26(34-24)23(31)17-33-38)37(28(40)42-30(4,5)6)22-11-9-21(10-12-22)36-15-13-32-19-36;1-25(2,3)35-24(34)31-11-4-5-17(15-31)21-13-22(33-23(30-21)20(26)14-28-33)29-18-6-8-19(9-7-18)32-12-10-27-16-32/h9-13,15-17,19-20H,7-8,14,18H2,1-6H3;6-10,12-14,16-17,29H,4-5,11,15H2,1-3H3. The number of hydrogen-bond donors (Lipinski definition) is 1. The number of hydrogen-bond acceptors (Lipinski definition) is 13. The van der Waals surface area contributed by atoms with E-state index < -0.39 is 22.9 Å². The van der Waals surface area contributed by atoms with Crippen LogP contribution in [0.5, 0.6) is 0 Å². The van der Waals surface area contributed by atoms with Crippen molar-refractivity contribution in [3.8, 4) is 11.4 Å². The number of halogens is 2. The predicted octanol–water partition coefficient (Wildman–Crippen LogP) is 12.4. The summed E-state index contributed by atoms with van der Waals surface area (Å²) >= 11 is 7.15. The number of nitrogens with zero attached hydrogens (tertiary/aromatic N) is 13. The van der Waals surface area contributed by atoms with Crippen LogP contribution in [-0.2, 0) is 14.2 Å². The van der Waals surface area contributed by atoms with Gasteiger partial charge in [0, 0.05) is 92.0 Å². The molecule has 77 heavy (non-hydrogen) atoms. The highest BCUT2D eigenvalue weighted by Gasteiger charge is 2.34. The molecule has 404 valence electrons. The molecule has 20 nitrogen and oxygen atoms in total. The summed E-state index contributed by atoms with van der Waals surface area (Å²) in [7, 11) is 0. The van der Waals surface area contributed by atoms with Crippen LogP contribution in [0.15, 0.2) is 119 Å². The minimum atomic E-state index is -0.733. The van der Waals surface area contributed by atoms with Gasteiger partial charge < -0.3 is 38.5 Å². The molecule has 3 amide bonds. The fourth-order valence-electron chi connectivity index (χ4n) is 9.08. The molecule has 2 unspecified atom stereocenters. The van der Waals surface area contributed by atoms with Crippen LogP contribution in [0.25, 0.3) is 22.7 Å². The summed E-state index contributed by atoms with van der Waals surface area (Å²) in [5.74, 6) is 1.31. The van der Waals surface area contributed by atoms with Gasteiger partial charge in [0.1, 0.15) is 28.4 Å². The lowest BCUT2D eigenvalue weighted by Gasteiger charge is -2.34. The highest BCUT2D eigenvalue weighted by atomic mass is 79.9. The summed E-state index contributed by atoms with van der Waals surface area (Å²) < 4.78 is 25.9. The predicted molar refractivity (Wildman–Crippen MR) is 300 cm³/mol. The summed E-state index contributed by atoms with van der Waals surface area (Å²) in [6.07, 6.45) is 16.4. The van der Waals surface area contributed by atoms with E-state index in [1.165, 1.54) is 4.90 Å². The maximum absolute atomic E-state index is 13.8. The summed E-state index contributed by atoms with van der Waals surface area (Å²) in [5, 5.41) is 12.5. The second kappa shape index (κ2) is 22.3. The minimum absolute atomic E-state index is 0.0686. The second-order valence-electron chi connectivity index (χ2n) is 22.0. The van der Waals surface area contributed by atoms with E-state index in [1.807, 2.05) is 145 Å². The van der Waals surface area contributed by atoms with Gasteiger partial charge in [-0.15, -0.1) is 0 Å². The van der Waals surface area contributed by atoms with Crippen LogP contribution in [0, 0.1) is 0 Å². The Hall–Kier alpha value is -7.33. The number of anilines is 4. The minimum Gasteiger partial charge on any atom is -0.444 e. The van der Waals surface area contributed by atoms with Gasteiger partial charge in [-0.25, -0.2) is 39.2 Å². The van der Waals surface area contributed by atoms with Crippen molar-refractivity contribution in [3.63, 3.8) is 0 Å². The second-order valence-corrected chi connectivity index (χ2v) is 23.7. The lowest BCUT2D eigenvalue weighted by Crippen LogP contribution is -2.42. The monoisotopic (exact) mass is 1170 g/mol. The first-order valence-corrected chi connectivity index (χ1v) is 27.2. The number of aromatic nitrogens is 10. The molecule has 6 aromatic heterocycles. The first-order valence-electron chi connectivity index (χ1n) is 25.6. The first kappa shape index (κ1) is 54.5. The number of nitrogens with one attached hydrogen (secondary N) is 1. The number of carbonyl (C=O) groups excluding carboxylic acids is 3. The number of amides is 3. The Balaban J connectivity index is 0.000000191. The Morgan fingerprint density at radius 3 is 1.57 bits per heavy atom. The summed E-state index contributed by atoms with van der Waals surface area (Å²) in [6, 6.07) is 19.5. The van der Waals surface area contributed by atoms with Crippen molar-refractivity contribution in [2.75, 3.05) is 36.4 Å². The summed E-state index contributed by atoms with van der Waals surface area (Å²) in [6.45, 7) is 19.1. The Morgan fingerprint density at radius 1 is 0.623 bits per heavy atom. The van der Waals surface area contributed by atoms with Gasteiger partial charge >= 0.3 is 18.3 Å². The lowest BCUT2D eigenvalue weighted by atomic mass is 9.94. The Kier molecular flexibility index (Phi) is 15.8. The highest BCUT2D eigenvalue weighted by Crippen LogP contribution is 2.36. The molecule has 0 radical (unpaired) electrons. The number of piperidine rings is 2. The van der Waals surface area contributed by atoms with E-state index in [1.54, 1.807) is 56.3 Å². The Bertz CT molecular complexity index is 3340. The molecule has 0 aliphatic carbocycles. The fraction of sp³-hybridized carbons (Fsp3) is 0.400. The van der Waals surface area contributed by atoms with Crippen molar-refractivity contribution >= 4 is 84.4 Å². The number of carbonyl (C=O) groups is 3. The Morgan fingerprint density at radius 2 is 1.09 bits per heavy atom. The van der Waals surface area contributed by atoms with Crippen molar-refractivity contribution in [1.82, 2.24) is 58.1 Å². The van der Waals surface area contributed by atoms with E-state index in [4.69, 9.17) is 24.2 Å². The van der Waals surface area contributed by atoms with Crippen molar-refractivity contribution < 1.29 is 28.6 Å². The van der Waals surface area contributed by atoms with Gasteiger partial charge in [-0.1, -0.05) is 0 Å². The van der Waals surface area contributed by atoms with Crippen LogP contribution in [0.2, 0.25) is 0 Å². The third kappa shape index (κ3) is 13.3. The maximum atomic E-state index is 13.8. The van der Waals surface area contributed by atoms with Gasteiger partial charge in [-0.2, -0.15) is 19.2 Å². The lowest BCUT2D eigenvalue weighted by molar-refractivity contribution is 0.0187. The normalized spacial score (nSPS) is 16.2. The van der Waals surface area contributed by atoms with E-state index in [0.29, 0.717) is 47.8 Å². The fourth-order valence-corrected chi connectivity index (χ4v) is 9.78. The van der Waals surface area contributed by atoms with E-state index >= 15 is 0 Å². The quantitative estimate of drug-likeness (QED) is 0.141. The molecule has 2 saturated heterocycles. The number of fused-ring (bicyclic) bond motifs is 2. The topological polar surface area (TPSA) is 197 Å². The van der Waals surface area contributed by atoms with Crippen molar-refractivity contribution in [2.24, 2.45) is 0 Å². The molecule has 2 aromatic carbocycles. The van der Waals surface area contributed by atoms with Gasteiger partial charge in [-0.3, -0.25) is 0 Å². The molecule has 2 aliphatic heterocycles. The van der Waals surface area contributed by atoms with Crippen molar-refractivity contribution in [1.29, 1.82) is 0 Å². The summed E-state index contributed by atoms with van der Waals surface area (Å²) in [5.41, 5.74) is 4.56. The number of likely N-dealkylation sites (tertiary alicyclic amines) is 2. The zero-order valence-electron chi connectivity index (χ0n) is 44.7. The number of benzene rings is 2. The van der Waals surface area contributed by atoms with Crippen LogP contribution >= 0.6 is 31.9 Å². The molecular weight excluding hydrogens is 1110 g/mol. The first-order chi connectivity index (χ1) is 36.6. The molecule has 8 aromatic rings. The molecule has 0 spiro atoms. The SMILES string of the molecule is CC(C)(C)OC(=O)N1CCCC(c2cc(N(C(=O)OC(C)(C)C)c3ccc(-n4ccnc4)cc3)n3ncc(Br)c3n2)C1.CC(C)(C)OC(=O)N1CCCC(c2cc(Nc3ccc(-n4ccnc4)cc3)n3ncc(Br)c3n2)C1. The van der Waals surface area contributed by atoms with Gasteiger partial charge in [0.25, 0.3) is 0 Å². The Labute approximate surface area is 464 Å². The molecule has 0 bridgehead atoms. The van der Waals surface area contributed by atoms with Crippen LogP contribution in [-0.4, -0.2) is 119 Å². The van der Waals surface area contributed by atoms with Crippen molar-refractivity contribution in [2.45, 2.75) is 117 Å². The van der Waals surface area contributed by atoms with Crippen LogP contribution in [0.1, 0.15) is 111 Å². The van der Waals surface area contributed by atoms with Crippen LogP contribution < -0.4 is 10.2 Å². The third-order valence-electron chi connectivity index (χ3n) is 12.5. The highest BCUT2D eigenvalue weighted by molar-refractivity contribution is 9.11. The van der Waals surface area contributed by atoms with Gasteiger partial charge in [0.05, 0.1) is 51.1 Å². The van der Waals surface area contributed by atoms with E-state index in [2.05, 4.69) is 57.3 Å². The zero-order chi connectivity index (χ0) is 54.8. The molecule has 2 aliphatic rings. The van der Waals surface area contributed by atoms with Crippen LogP contribution in [0.4, 0.5) is 37.4 Å². The average Bonchev–Trinajstić information content (AvgIpc) is 4.32. The van der Waals surface area contributed by atoms with Crippen molar-refractivity contribution in [3.05, 3.63) is 131 Å². The molecule has 1 N–H and O–H groups in total. The van der Waals surface area contributed by atoms with E-state index in [9.17, 15) is 14.4 Å². The maximum Gasteiger partial charge on any atom is 0.420 e.